The molecule has 0 aliphatic heterocycles. The predicted octanol–water partition coefficient (Wildman–Crippen LogP) is 4.58. The minimum Gasteiger partial charge on any atom is -0.289 e. The Labute approximate surface area is 149 Å². The van der Waals surface area contributed by atoms with Crippen molar-refractivity contribution in [2.45, 2.75) is 0 Å². The van der Waals surface area contributed by atoms with E-state index < -0.39 is 0 Å². The van der Waals surface area contributed by atoms with Crippen molar-refractivity contribution in [2.75, 3.05) is 0 Å². The van der Waals surface area contributed by atoms with Gasteiger partial charge >= 0.3 is 0 Å². The van der Waals surface area contributed by atoms with Crippen LogP contribution in [0.5, 0.6) is 0 Å². The Hall–Kier alpha value is -3.11. The fourth-order valence-corrected chi connectivity index (χ4v) is 2.85. The summed E-state index contributed by atoms with van der Waals surface area (Å²) in [4.78, 5) is 17.5. The molecule has 0 radical (unpaired) electrons. The van der Waals surface area contributed by atoms with Crippen LogP contribution in [0.2, 0.25) is 5.02 Å². The molecule has 4 rings (SSSR count). The van der Waals surface area contributed by atoms with E-state index in [0.717, 1.165) is 5.52 Å². The lowest BCUT2D eigenvalue weighted by atomic mass is 9.98. The van der Waals surface area contributed by atoms with Gasteiger partial charge in [0.1, 0.15) is 5.52 Å². The number of aromatic nitrogens is 3. The molecule has 4 nitrogen and oxygen atoms in total. The third-order valence-corrected chi connectivity index (χ3v) is 4.10. The van der Waals surface area contributed by atoms with Crippen molar-refractivity contribution in [1.29, 1.82) is 0 Å². The zero-order valence-corrected chi connectivity index (χ0v) is 13.8. The monoisotopic (exact) mass is 345 g/mol. The summed E-state index contributed by atoms with van der Waals surface area (Å²) in [5.74, 6) is 0.291. The van der Waals surface area contributed by atoms with Gasteiger partial charge < -0.3 is 0 Å². The Morgan fingerprint density at radius 1 is 0.800 bits per heavy atom. The van der Waals surface area contributed by atoms with Crippen LogP contribution < -0.4 is 0 Å². The van der Waals surface area contributed by atoms with E-state index in [1.54, 1.807) is 30.3 Å². The summed E-state index contributed by atoms with van der Waals surface area (Å²) in [7, 11) is 0. The SMILES string of the molecule is O=C(c1cccc(Cl)c1)c1ccccc1-c1nnc2ccccc2n1. The highest BCUT2D eigenvalue weighted by Gasteiger charge is 2.17. The van der Waals surface area contributed by atoms with E-state index in [1.807, 2.05) is 42.5 Å². The summed E-state index contributed by atoms with van der Waals surface area (Å²) in [5.41, 5.74) is 3.13. The van der Waals surface area contributed by atoms with Crippen LogP contribution in [0.3, 0.4) is 0 Å². The molecule has 0 saturated heterocycles. The highest BCUT2D eigenvalue weighted by Crippen LogP contribution is 2.24. The molecule has 0 aliphatic carbocycles. The Morgan fingerprint density at radius 3 is 2.40 bits per heavy atom. The number of para-hydroxylation sites is 1. The van der Waals surface area contributed by atoms with Crippen LogP contribution in [-0.4, -0.2) is 21.0 Å². The second-order valence-corrected chi connectivity index (χ2v) is 5.95. The Balaban J connectivity index is 1.84. The summed E-state index contributed by atoms with van der Waals surface area (Å²) >= 11 is 6.01. The number of rotatable bonds is 3. The minimum absolute atomic E-state index is 0.130. The van der Waals surface area contributed by atoms with Crippen LogP contribution in [0.4, 0.5) is 0 Å². The molecule has 0 N–H and O–H groups in total. The molecule has 1 heterocycles. The Kier molecular flexibility index (Phi) is 3.96. The Bertz CT molecular complexity index is 1090. The first-order valence-corrected chi connectivity index (χ1v) is 8.09. The quantitative estimate of drug-likeness (QED) is 0.510. The number of carbonyl (C=O) groups is 1. The largest absolute Gasteiger partial charge is 0.289 e. The highest BCUT2D eigenvalue weighted by atomic mass is 35.5. The van der Waals surface area contributed by atoms with E-state index in [2.05, 4.69) is 15.2 Å². The Morgan fingerprint density at radius 2 is 1.56 bits per heavy atom. The molecule has 3 aromatic carbocycles. The average molecular weight is 346 g/mol. The number of nitrogens with zero attached hydrogens (tertiary/aromatic N) is 3. The highest BCUT2D eigenvalue weighted by molar-refractivity contribution is 6.31. The van der Waals surface area contributed by atoms with Gasteiger partial charge in [-0.3, -0.25) is 4.79 Å². The van der Waals surface area contributed by atoms with E-state index in [-0.39, 0.29) is 5.78 Å². The van der Waals surface area contributed by atoms with Gasteiger partial charge in [0.2, 0.25) is 0 Å². The van der Waals surface area contributed by atoms with Crippen molar-refractivity contribution >= 4 is 28.4 Å². The normalized spacial score (nSPS) is 10.8. The van der Waals surface area contributed by atoms with Gasteiger partial charge in [0.15, 0.2) is 11.6 Å². The van der Waals surface area contributed by atoms with Crippen molar-refractivity contribution in [3.8, 4) is 11.4 Å². The van der Waals surface area contributed by atoms with E-state index in [1.165, 1.54) is 0 Å². The van der Waals surface area contributed by atoms with Crippen LogP contribution in [0.25, 0.3) is 22.4 Å². The molecule has 0 atom stereocenters. The van der Waals surface area contributed by atoms with Gasteiger partial charge in [-0.25, -0.2) is 4.98 Å². The maximum atomic E-state index is 12.9. The number of benzene rings is 3. The maximum Gasteiger partial charge on any atom is 0.193 e. The minimum atomic E-state index is -0.130. The first-order valence-electron chi connectivity index (χ1n) is 7.71. The first-order chi connectivity index (χ1) is 12.2. The number of ketones is 1. The van der Waals surface area contributed by atoms with Crippen molar-refractivity contribution in [2.24, 2.45) is 0 Å². The van der Waals surface area contributed by atoms with E-state index in [0.29, 0.717) is 33.1 Å². The molecule has 5 heteroatoms. The number of halogens is 1. The third-order valence-electron chi connectivity index (χ3n) is 3.86. The molecule has 0 fully saturated rings. The number of fused-ring (bicyclic) bond motifs is 1. The lowest BCUT2D eigenvalue weighted by molar-refractivity contribution is 0.103. The zero-order valence-electron chi connectivity index (χ0n) is 13.1. The van der Waals surface area contributed by atoms with Gasteiger partial charge in [-0.1, -0.05) is 60.1 Å². The lowest BCUT2D eigenvalue weighted by Crippen LogP contribution is -2.05. The van der Waals surface area contributed by atoms with Gasteiger partial charge in [0.25, 0.3) is 0 Å². The standard InChI is InChI=1S/C20H12ClN3O/c21-14-7-5-6-13(12-14)19(25)15-8-1-2-9-16(15)20-22-17-10-3-4-11-18(17)23-24-20/h1-12H. The molecule has 0 saturated carbocycles. The molecule has 4 aromatic rings. The summed E-state index contributed by atoms with van der Waals surface area (Å²) < 4.78 is 0. The van der Waals surface area contributed by atoms with Gasteiger partial charge in [-0.15, -0.1) is 10.2 Å². The van der Waals surface area contributed by atoms with Crippen LogP contribution in [-0.2, 0) is 0 Å². The molecule has 0 amide bonds. The number of hydrogen-bond donors (Lipinski definition) is 0. The molecular formula is C20H12ClN3O. The summed E-state index contributed by atoms with van der Waals surface area (Å²) in [6.07, 6.45) is 0. The molecular weight excluding hydrogens is 334 g/mol. The zero-order chi connectivity index (χ0) is 17.2. The van der Waals surface area contributed by atoms with E-state index >= 15 is 0 Å². The first kappa shape index (κ1) is 15.4. The van der Waals surface area contributed by atoms with Crippen LogP contribution in [0.1, 0.15) is 15.9 Å². The molecule has 25 heavy (non-hydrogen) atoms. The van der Waals surface area contributed by atoms with Crippen molar-refractivity contribution in [3.05, 3.63) is 88.9 Å². The van der Waals surface area contributed by atoms with Gasteiger partial charge in [0.05, 0.1) is 5.52 Å². The van der Waals surface area contributed by atoms with Gasteiger partial charge in [-0.05, 0) is 24.3 Å². The lowest BCUT2D eigenvalue weighted by Gasteiger charge is -2.08. The molecule has 120 valence electrons. The molecule has 0 unspecified atom stereocenters. The van der Waals surface area contributed by atoms with Crippen LogP contribution >= 0.6 is 11.6 Å². The third kappa shape index (κ3) is 2.99. The van der Waals surface area contributed by atoms with Crippen LogP contribution in [0, 0.1) is 0 Å². The maximum absolute atomic E-state index is 12.9. The summed E-state index contributed by atoms with van der Waals surface area (Å²) in [6, 6.07) is 21.6. The summed E-state index contributed by atoms with van der Waals surface area (Å²) in [6.45, 7) is 0. The van der Waals surface area contributed by atoms with Crippen molar-refractivity contribution in [1.82, 2.24) is 15.2 Å². The van der Waals surface area contributed by atoms with Gasteiger partial charge in [-0.2, -0.15) is 0 Å². The summed E-state index contributed by atoms with van der Waals surface area (Å²) in [5, 5.41) is 8.91. The van der Waals surface area contributed by atoms with Crippen molar-refractivity contribution in [3.63, 3.8) is 0 Å². The second kappa shape index (κ2) is 6.42. The predicted molar refractivity (Wildman–Crippen MR) is 97.7 cm³/mol. The molecule has 0 aliphatic rings. The average Bonchev–Trinajstić information content (AvgIpc) is 2.67. The number of hydrogen-bond acceptors (Lipinski definition) is 4. The smallest absolute Gasteiger partial charge is 0.193 e. The fourth-order valence-electron chi connectivity index (χ4n) is 2.66. The van der Waals surface area contributed by atoms with E-state index in [4.69, 9.17) is 11.6 Å². The molecule has 0 spiro atoms. The fraction of sp³-hybridized carbons (Fsp3) is 0. The van der Waals surface area contributed by atoms with Crippen molar-refractivity contribution < 1.29 is 4.79 Å². The number of carbonyl (C=O) groups excluding carboxylic acids is 1. The molecule has 0 bridgehead atoms. The van der Waals surface area contributed by atoms with E-state index in [9.17, 15) is 4.79 Å². The van der Waals surface area contributed by atoms with Crippen LogP contribution in [0.15, 0.2) is 72.8 Å². The van der Waals surface area contributed by atoms with Gasteiger partial charge in [0, 0.05) is 21.7 Å². The second-order valence-electron chi connectivity index (χ2n) is 5.51. The topological polar surface area (TPSA) is 55.7 Å². The molecule has 1 aromatic heterocycles.